The third-order valence-corrected chi connectivity index (χ3v) is 4.64. The third-order valence-electron chi connectivity index (χ3n) is 3.68. The van der Waals surface area contributed by atoms with Gasteiger partial charge in [-0.15, -0.1) is 11.8 Å². The summed E-state index contributed by atoms with van der Waals surface area (Å²) >= 11 is 1.56. The van der Waals surface area contributed by atoms with Crippen molar-refractivity contribution in [2.75, 3.05) is 18.1 Å². The average Bonchev–Trinajstić information content (AvgIpc) is 2.29. The molecule has 1 rings (SSSR count). The summed E-state index contributed by atoms with van der Waals surface area (Å²) in [5.74, 6) is 1.95. The Kier molecular flexibility index (Phi) is 6.50. The molecule has 0 spiro atoms. The van der Waals surface area contributed by atoms with Crippen LogP contribution in [0.25, 0.3) is 0 Å². The maximum atomic E-state index is 11.6. The number of rotatable bonds is 5. The molecule has 0 aromatic carbocycles. The number of nitrogens with two attached hydrogens (primary N) is 1. The Hall–Kier alpha value is -0.220. The van der Waals surface area contributed by atoms with Gasteiger partial charge in [0.15, 0.2) is 0 Å². The molecule has 3 nitrogen and oxygen atoms in total. The molecule has 1 aliphatic carbocycles. The molecule has 0 amide bonds. The van der Waals surface area contributed by atoms with Crippen molar-refractivity contribution in [3.8, 4) is 0 Å². The summed E-state index contributed by atoms with van der Waals surface area (Å²) in [5.41, 5.74) is 5.76. The summed E-state index contributed by atoms with van der Waals surface area (Å²) in [6.07, 6.45) is 4.55. The van der Waals surface area contributed by atoms with Crippen molar-refractivity contribution in [2.24, 2.45) is 17.1 Å². The van der Waals surface area contributed by atoms with Gasteiger partial charge >= 0.3 is 5.97 Å². The fourth-order valence-electron chi connectivity index (χ4n) is 2.51. The molecule has 18 heavy (non-hydrogen) atoms. The van der Waals surface area contributed by atoms with E-state index in [1.165, 1.54) is 12.8 Å². The Bertz CT molecular complexity index is 255. The first-order chi connectivity index (χ1) is 8.43. The maximum absolute atomic E-state index is 11.6. The number of hydrogen-bond acceptors (Lipinski definition) is 4. The molecule has 1 aliphatic rings. The predicted octanol–water partition coefficient (Wildman–Crippen LogP) is 2.83. The maximum Gasteiger partial charge on any atom is 0.316 e. The molecule has 4 heteroatoms. The van der Waals surface area contributed by atoms with Crippen LogP contribution in [-0.2, 0) is 9.53 Å². The molecular formula is C14H27NO2S. The molecule has 1 fully saturated rings. The Labute approximate surface area is 115 Å². The molecule has 0 aliphatic heterocycles. The second kappa shape index (κ2) is 7.39. The molecule has 0 heterocycles. The Morgan fingerprint density at radius 1 is 1.28 bits per heavy atom. The van der Waals surface area contributed by atoms with Crippen molar-refractivity contribution >= 4 is 17.7 Å². The summed E-state index contributed by atoms with van der Waals surface area (Å²) in [6.45, 7) is 7.52. The van der Waals surface area contributed by atoms with Gasteiger partial charge in [0.1, 0.15) is 6.10 Å². The average molecular weight is 273 g/mol. The first-order valence-corrected chi connectivity index (χ1v) is 8.06. The Morgan fingerprint density at radius 2 is 1.89 bits per heavy atom. The van der Waals surface area contributed by atoms with E-state index in [-0.39, 0.29) is 12.1 Å². The van der Waals surface area contributed by atoms with Gasteiger partial charge in [0.05, 0.1) is 5.75 Å². The fraction of sp³-hybridized carbons (Fsp3) is 0.929. The second-order valence-corrected chi connectivity index (χ2v) is 7.28. The van der Waals surface area contributed by atoms with Crippen molar-refractivity contribution in [3.63, 3.8) is 0 Å². The van der Waals surface area contributed by atoms with E-state index < -0.39 is 0 Å². The van der Waals surface area contributed by atoms with Crippen LogP contribution in [0.2, 0.25) is 0 Å². The standard InChI is InChI=1S/C14H27NO2S/c1-14(2,3)11-4-6-12(7-5-11)17-13(16)10-18-9-8-15/h11-12H,4-10,15H2,1-3H3. The van der Waals surface area contributed by atoms with Crippen LogP contribution in [0.15, 0.2) is 0 Å². The van der Waals surface area contributed by atoms with Crippen LogP contribution in [0.1, 0.15) is 46.5 Å². The fourth-order valence-corrected chi connectivity index (χ4v) is 3.05. The summed E-state index contributed by atoms with van der Waals surface area (Å²) < 4.78 is 5.50. The molecule has 1 saturated carbocycles. The van der Waals surface area contributed by atoms with Gasteiger partial charge in [-0.05, 0) is 37.0 Å². The number of hydrogen-bond donors (Lipinski definition) is 1. The van der Waals surface area contributed by atoms with Gasteiger partial charge in [-0.2, -0.15) is 0 Å². The number of ether oxygens (including phenoxy) is 1. The van der Waals surface area contributed by atoms with Crippen molar-refractivity contribution in [2.45, 2.75) is 52.6 Å². The highest BCUT2D eigenvalue weighted by Crippen LogP contribution is 2.38. The van der Waals surface area contributed by atoms with Gasteiger partial charge in [0, 0.05) is 12.3 Å². The minimum absolute atomic E-state index is 0.0762. The first-order valence-electron chi connectivity index (χ1n) is 6.90. The van der Waals surface area contributed by atoms with Crippen molar-refractivity contribution in [1.82, 2.24) is 0 Å². The third kappa shape index (κ3) is 5.61. The minimum Gasteiger partial charge on any atom is -0.462 e. The molecule has 106 valence electrons. The molecule has 0 saturated heterocycles. The molecular weight excluding hydrogens is 246 g/mol. The minimum atomic E-state index is -0.0762. The van der Waals surface area contributed by atoms with Crippen LogP contribution >= 0.6 is 11.8 Å². The monoisotopic (exact) mass is 273 g/mol. The van der Waals surface area contributed by atoms with Gasteiger partial charge in [-0.3, -0.25) is 4.79 Å². The van der Waals surface area contributed by atoms with Crippen LogP contribution in [0.3, 0.4) is 0 Å². The van der Waals surface area contributed by atoms with Gasteiger partial charge < -0.3 is 10.5 Å². The second-order valence-electron chi connectivity index (χ2n) is 6.17. The lowest BCUT2D eigenvalue weighted by Crippen LogP contribution is -2.30. The molecule has 0 atom stereocenters. The largest absolute Gasteiger partial charge is 0.462 e. The van der Waals surface area contributed by atoms with Crippen LogP contribution in [0, 0.1) is 11.3 Å². The van der Waals surface area contributed by atoms with E-state index in [1.54, 1.807) is 11.8 Å². The lowest BCUT2D eigenvalue weighted by atomic mass is 9.72. The highest BCUT2D eigenvalue weighted by atomic mass is 32.2. The van der Waals surface area contributed by atoms with Crippen LogP contribution in [-0.4, -0.2) is 30.1 Å². The van der Waals surface area contributed by atoms with Crippen LogP contribution < -0.4 is 5.73 Å². The Balaban J connectivity index is 2.21. The highest BCUT2D eigenvalue weighted by Gasteiger charge is 2.30. The normalized spacial score (nSPS) is 24.9. The number of carbonyl (C=O) groups is 1. The molecule has 0 radical (unpaired) electrons. The molecule has 0 unspecified atom stereocenters. The number of carbonyl (C=O) groups excluding carboxylic acids is 1. The van der Waals surface area contributed by atoms with Crippen LogP contribution in [0.5, 0.6) is 0 Å². The predicted molar refractivity (Wildman–Crippen MR) is 77.7 cm³/mol. The van der Waals surface area contributed by atoms with E-state index in [9.17, 15) is 4.79 Å². The topological polar surface area (TPSA) is 52.3 Å². The summed E-state index contributed by atoms with van der Waals surface area (Å²) in [6, 6.07) is 0. The van der Waals surface area contributed by atoms with E-state index in [4.69, 9.17) is 10.5 Å². The zero-order valence-corrected chi connectivity index (χ0v) is 12.7. The number of esters is 1. The van der Waals surface area contributed by atoms with E-state index in [2.05, 4.69) is 20.8 Å². The van der Waals surface area contributed by atoms with Gasteiger partial charge in [0.25, 0.3) is 0 Å². The molecule has 2 N–H and O–H groups in total. The molecule has 0 bridgehead atoms. The highest BCUT2D eigenvalue weighted by molar-refractivity contribution is 7.99. The summed E-state index contributed by atoms with van der Waals surface area (Å²) in [7, 11) is 0. The van der Waals surface area contributed by atoms with E-state index >= 15 is 0 Å². The van der Waals surface area contributed by atoms with Gasteiger partial charge in [-0.1, -0.05) is 20.8 Å². The quantitative estimate of drug-likeness (QED) is 0.618. The summed E-state index contributed by atoms with van der Waals surface area (Å²) in [5, 5.41) is 0. The van der Waals surface area contributed by atoms with Crippen molar-refractivity contribution in [1.29, 1.82) is 0 Å². The van der Waals surface area contributed by atoms with Crippen molar-refractivity contribution < 1.29 is 9.53 Å². The van der Waals surface area contributed by atoms with Crippen molar-refractivity contribution in [3.05, 3.63) is 0 Å². The van der Waals surface area contributed by atoms with E-state index in [1.807, 2.05) is 0 Å². The van der Waals surface area contributed by atoms with E-state index in [0.29, 0.717) is 17.7 Å². The zero-order chi connectivity index (χ0) is 13.6. The van der Waals surface area contributed by atoms with Gasteiger partial charge in [0.2, 0.25) is 0 Å². The molecule has 0 aromatic rings. The smallest absolute Gasteiger partial charge is 0.316 e. The summed E-state index contributed by atoms with van der Waals surface area (Å²) in [4.78, 5) is 11.6. The van der Waals surface area contributed by atoms with Gasteiger partial charge in [-0.25, -0.2) is 0 Å². The van der Waals surface area contributed by atoms with E-state index in [0.717, 1.165) is 24.5 Å². The lowest BCUT2D eigenvalue weighted by Gasteiger charge is -2.36. The van der Waals surface area contributed by atoms with Crippen LogP contribution in [0.4, 0.5) is 0 Å². The number of thioether (sulfide) groups is 1. The SMILES string of the molecule is CC(C)(C)C1CCC(OC(=O)CSCCN)CC1. The molecule has 0 aromatic heterocycles. The Morgan fingerprint density at radius 3 is 2.39 bits per heavy atom. The first kappa shape index (κ1) is 15.8. The zero-order valence-electron chi connectivity index (χ0n) is 11.9. The lowest BCUT2D eigenvalue weighted by molar-refractivity contribution is -0.148.